The van der Waals surface area contributed by atoms with Crippen LogP contribution in [0.15, 0.2) is 36.4 Å². The molecule has 0 spiro atoms. The van der Waals surface area contributed by atoms with E-state index in [2.05, 4.69) is 19.1 Å². The van der Waals surface area contributed by atoms with Gasteiger partial charge in [0.25, 0.3) is 0 Å². The van der Waals surface area contributed by atoms with Gasteiger partial charge in [0.15, 0.2) is 0 Å². The van der Waals surface area contributed by atoms with Crippen molar-refractivity contribution in [3.63, 3.8) is 0 Å². The highest BCUT2D eigenvalue weighted by Gasteiger charge is 1.95. The van der Waals surface area contributed by atoms with Crippen LogP contribution in [0.4, 0.5) is 0 Å². The molecule has 0 aromatic heterocycles. The second-order valence-corrected chi connectivity index (χ2v) is 3.29. The first-order valence-corrected chi connectivity index (χ1v) is 5.12. The Morgan fingerprint density at radius 1 is 1.40 bits per heavy atom. The number of rotatable bonds is 4. The van der Waals surface area contributed by atoms with Crippen LogP contribution in [-0.2, 0) is 16.0 Å². The Balaban J connectivity index is 2.50. The number of hydrogen-bond donors (Lipinski definition) is 0. The number of ether oxygens (including phenoxy) is 1. The van der Waals surface area contributed by atoms with Crippen molar-refractivity contribution in [1.29, 1.82) is 0 Å². The zero-order valence-corrected chi connectivity index (χ0v) is 9.19. The fraction of sp³-hybridized carbons (Fsp3) is 0.308. The highest BCUT2D eigenvalue weighted by molar-refractivity contribution is 5.81. The molecule has 1 aromatic rings. The van der Waals surface area contributed by atoms with Crippen LogP contribution in [0.1, 0.15) is 18.1 Å². The summed E-state index contributed by atoms with van der Waals surface area (Å²) in [5, 5.41) is 0. The second kappa shape index (κ2) is 6.02. The van der Waals surface area contributed by atoms with Gasteiger partial charge in [0.05, 0.1) is 6.61 Å². The highest BCUT2D eigenvalue weighted by atomic mass is 16.5. The smallest absolute Gasteiger partial charge is 0.330 e. The summed E-state index contributed by atoms with van der Waals surface area (Å²) < 4.78 is 4.78. The van der Waals surface area contributed by atoms with Crippen molar-refractivity contribution in [3.05, 3.63) is 47.5 Å². The van der Waals surface area contributed by atoms with Gasteiger partial charge in [-0.05, 0) is 31.4 Å². The molecular weight excluding hydrogens is 188 g/mol. The van der Waals surface area contributed by atoms with Crippen LogP contribution in [-0.4, -0.2) is 12.6 Å². The summed E-state index contributed by atoms with van der Waals surface area (Å²) >= 11 is 0. The highest BCUT2D eigenvalue weighted by Crippen LogP contribution is 2.07. The molecule has 0 unspecified atom stereocenters. The molecule has 2 nitrogen and oxygen atoms in total. The van der Waals surface area contributed by atoms with E-state index in [4.69, 9.17) is 4.74 Å². The normalized spacial score (nSPS) is 10.5. The zero-order chi connectivity index (χ0) is 11.1. The molecule has 1 rings (SSSR count). The molecule has 1 aromatic carbocycles. The third-order valence-electron chi connectivity index (χ3n) is 2.14. The van der Waals surface area contributed by atoms with Gasteiger partial charge in [-0.3, -0.25) is 0 Å². The summed E-state index contributed by atoms with van der Waals surface area (Å²) in [6, 6.07) is 8.13. The van der Waals surface area contributed by atoms with Crippen LogP contribution in [0, 0.1) is 6.92 Å². The molecular formula is C13H16O2. The molecule has 80 valence electrons. The molecule has 0 aliphatic rings. The van der Waals surface area contributed by atoms with E-state index in [0.717, 1.165) is 6.42 Å². The van der Waals surface area contributed by atoms with Crippen molar-refractivity contribution in [2.75, 3.05) is 6.61 Å². The summed E-state index contributed by atoms with van der Waals surface area (Å²) in [4.78, 5) is 11.0. The average Bonchev–Trinajstić information content (AvgIpc) is 2.21. The lowest BCUT2D eigenvalue weighted by Crippen LogP contribution is -1.99. The number of aryl methyl sites for hydroxylation is 1. The van der Waals surface area contributed by atoms with Crippen LogP contribution < -0.4 is 0 Å². The molecule has 2 heteroatoms. The Labute approximate surface area is 90.6 Å². The SMILES string of the molecule is CCOC(=O)C=CCc1ccccc1C. The second-order valence-electron chi connectivity index (χ2n) is 3.29. The molecule has 0 heterocycles. The summed E-state index contributed by atoms with van der Waals surface area (Å²) in [6.45, 7) is 4.29. The molecule has 0 bridgehead atoms. The van der Waals surface area contributed by atoms with Gasteiger partial charge < -0.3 is 4.74 Å². The quantitative estimate of drug-likeness (QED) is 0.556. The van der Waals surface area contributed by atoms with Gasteiger partial charge in [-0.15, -0.1) is 0 Å². The average molecular weight is 204 g/mol. The minimum atomic E-state index is -0.272. The van der Waals surface area contributed by atoms with E-state index in [1.54, 1.807) is 6.92 Å². The molecule has 15 heavy (non-hydrogen) atoms. The van der Waals surface area contributed by atoms with E-state index in [0.29, 0.717) is 6.61 Å². The maximum Gasteiger partial charge on any atom is 0.330 e. The lowest BCUT2D eigenvalue weighted by Gasteiger charge is -2.00. The van der Waals surface area contributed by atoms with Crippen LogP contribution in [0.5, 0.6) is 0 Å². The van der Waals surface area contributed by atoms with Gasteiger partial charge in [0.2, 0.25) is 0 Å². The van der Waals surface area contributed by atoms with Crippen LogP contribution in [0.3, 0.4) is 0 Å². The monoisotopic (exact) mass is 204 g/mol. The van der Waals surface area contributed by atoms with Crippen molar-refractivity contribution in [2.45, 2.75) is 20.3 Å². The Hall–Kier alpha value is -1.57. The van der Waals surface area contributed by atoms with Gasteiger partial charge in [-0.1, -0.05) is 30.3 Å². The summed E-state index contributed by atoms with van der Waals surface area (Å²) in [5.41, 5.74) is 2.48. The fourth-order valence-corrected chi connectivity index (χ4v) is 1.31. The summed E-state index contributed by atoms with van der Waals surface area (Å²) in [6.07, 6.45) is 4.09. The minimum absolute atomic E-state index is 0.272. The Bertz CT molecular complexity index is 353. The third kappa shape index (κ3) is 3.98. The largest absolute Gasteiger partial charge is 0.463 e. The predicted molar refractivity (Wildman–Crippen MR) is 60.7 cm³/mol. The van der Waals surface area contributed by atoms with E-state index in [1.807, 2.05) is 18.2 Å². The molecule has 0 aliphatic carbocycles. The number of carbonyl (C=O) groups is 1. The Kier molecular flexibility index (Phi) is 4.61. The number of esters is 1. The van der Waals surface area contributed by atoms with E-state index < -0.39 is 0 Å². The van der Waals surface area contributed by atoms with Gasteiger partial charge in [-0.25, -0.2) is 4.79 Å². The Morgan fingerprint density at radius 3 is 2.80 bits per heavy atom. The lowest BCUT2D eigenvalue weighted by atomic mass is 10.1. The van der Waals surface area contributed by atoms with Crippen molar-refractivity contribution < 1.29 is 9.53 Å². The van der Waals surface area contributed by atoms with Gasteiger partial charge in [0.1, 0.15) is 0 Å². The van der Waals surface area contributed by atoms with Gasteiger partial charge in [-0.2, -0.15) is 0 Å². The van der Waals surface area contributed by atoms with Crippen molar-refractivity contribution in [2.24, 2.45) is 0 Å². The molecule has 0 fully saturated rings. The maximum atomic E-state index is 11.0. The van der Waals surface area contributed by atoms with E-state index in [1.165, 1.54) is 17.2 Å². The standard InChI is InChI=1S/C13H16O2/c1-3-15-13(14)10-6-9-12-8-5-4-7-11(12)2/h4-8,10H,3,9H2,1-2H3. The Morgan fingerprint density at radius 2 is 2.13 bits per heavy atom. The number of hydrogen-bond acceptors (Lipinski definition) is 2. The molecule has 0 saturated carbocycles. The minimum Gasteiger partial charge on any atom is -0.463 e. The molecule has 0 amide bonds. The van der Waals surface area contributed by atoms with E-state index >= 15 is 0 Å². The van der Waals surface area contributed by atoms with E-state index in [9.17, 15) is 4.79 Å². The maximum absolute atomic E-state index is 11.0. The zero-order valence-electron chi connectivity index (χ0n) is 9.19. The number of benzene rings is 1. The molecule has 0 radical (unpaired) electrons. The van der Waals surface area contributed by atoms with Gasteiger partial charge >= 0.3 is 5.97 Å². The lowest BCUT2D eigenvalue weighted by molar-refractivity contribution is -0.137. The van der Waals surface area contributed by atoms with Crippen LogP contribution in [0.2, 0.25) is 0 Å². The molecule has 0 saturated heterocycles. The van der Waals surface area contributed by atoms with Crippen LogP contribution in [0.25, 0.3) is 0 Å². The van der Waals surface area contributed by atoms with Crippen LogP contribution >= 0.6 is 0 Å². The topological polar surface area (TPSA) is 26.3 Å². The fourth-order valence-electron chi connectivity index (χ4n) is 1.31. The third-order valence-corrected chi connectivity index (χ3v) is 2.14. The predicted octanol–water partition coefficient (Wildman–Crippen LogP) is 2.66. The summed E-state index contributed by atoms with van der Waals surface area (Å²) in [5.74, 6) is -0.272. The van der Waals surface area contributed by atoms with Crippen molar-refractivity contribution in [3.8, 4) is 0 Å². The van der Waals surface area contributed by atoms with E-state index in [-0.39, 0.29) is 5.97 Å². The molecule has 0 atom stereocenters. The summed E-state index contributed by atoms with van der Waals surface area (Å²) in [7, 11) is 0. The number of allylic oxidation sites excluding steroid dienone is 1. The first-order valence-electron chi connectivity index (χ1n) is 5.12. The number of carbonyl (C=O) groups excluding carboxylic acids is 1. The molecule has 0 N–H and O–H groups in total. The first kappa shape index (κ1) is 11.5. The molecule has 0 aliphatic heterocycles. The van der Waals surface area contributed by atoms with Gasteiger partial charge in [0, 0.05) is 6.08 Å². The van der Waals surface area contributed by atoms with Crippen molar-refractivity contribution >= 4 is 5.97 Å². The van der Waals surface area contributed by atoms with Crippen molar-refractivity contribution in [1.82, 2.24) is 0 Å². The first-order chi connectivity index (χ1) is 7.24.